The molecule has 0 bridgehead atoms. The van der Waals surface area contributed by atoms with Gasteiger partial charge in [-0.1, -0.05) is 121 Å². The van der Waals surface area contributed by atoms with Gasteiger partial charge in [0.05, 0.1) is 33.3 Å². The van der Waals surface area contributed by atoms with Gasteiger partial charge in [0.15, 0.2) is 5.82 Å². The molecule has 4 heteroatoms. The maximum Gasteiger partial charge on any atom is 0.160 e. The Balaban J connectivity index is 1.23. The third-order valence-corrected chi connectivity index (χ3v) is 12.0. The zero-order valence-electron chi connectivity index (χ0n) is 30.1. The molecule has 0 saturated heterocycles. The van der Waals surface area contributed by atoms with Crippen LogP contribution in [-0.4, -0.2) is 19.1 Å². The predicted octanol–water partition coefficient (Wildman–Crippen LogP) is 13.4. The van der Waals surface area contributed by atoms with Gasteiger partial charge in [0.1, 0.15) is 0 Å². The van der Waals surface area contributed by atoms with Crippen molar-refractivity contribution < 1.29 is 0 Å². The standard InChI is InChI=1S/C52H30N4/c1-4-14-33(15-5-1)50-39-26-23-31-13-10-11-20-37(31)51(39)54-52(53-50)34-29-40-38-21-12-22-41-46(38)48-42(55(41)35-16-6-2-7-17-35)27-24-32-25-28-43-49(45(32)48)47(40)44(30-34)56(43)36-18-8-3-9-19-36/h1-30H. The Labute approximate surface area is 321 Å². The molecule has 0 N–H and O–H groups in total. The molecule has 0 saturated carbocycles. The summed E-state index contributed by atoms with van der Waals surface area (Å²) in [6.07, 6.45) is 0. The lowest BCUT2D eigenvalue weighted by Crippen LogP contribution is -1.98. The summed E-state index contributed by atoms with van der Waals surface area (Å²) in [5, 5.41) is 11.0. The Bertz CT molecular complexity index is 3620. The van der Waals surface area contributed by atoms with Gasteiger partial charge in [-0.25, -0.2) is 9.97 Å². The van der Waals surface area contributed by atoms with E-state index in [-0.39, 0.29) is 0 Å². The van der Waals surface area contributed by atoms with E-state index in [4.69, 9.17) is 9.97 Å². The number of fused-ring (bicyclic) bond motifs is 4. The Morgan fingerprint density at radius 1 is 0.339 bits per heavy atom. The lowest BCUT2D eigenvalue weighted by molar-refractivity contribution is 1.18. The van der Waals surface area contributed by atoms with E-state index in [0.717, 1.165) is 55.4 Å². The minimum atomic E-state index is 0.710. The van der Waals surface area contributed by atoms with Crippen LogP contribution in [0, 0.1) is 0 Å². The molecule has 9 aromatic carbocycles. The van der Waals surface area contributed by atoms with Crippen molar-refractivity contribution in [1.82, 2.24) is 19.1 Å². The Kier molecular flexibility index (Phi) is 5.86. The average Bonchev–Trinajstić information content (AvgIpc) is 3.75. The van der Waals surface area contributed by atoms with Crippen molar-refractivity contribution in [3.63, 3.8) is 0 Å². The molecule has 0 aliphatic heterocycles. The first-order valence-electron chi connectivity index (χ1n) is 19.2. The topological polar surface area (TPSA) is 35.6 Å². The summed E-state index contributed by atoms with van der Waals surface area (Å²) >= 11 is 0. The third kappa shape index (κ3) is 3.92. The molecule has 0 fully saturated rings. The molecule has 0 spiro atoms. The van der Waals surface area contributed by atoms with E-state index in [1.807, 2.05) is 0 Å². The van der Waals surface area contributed by atoms with Crippen molar-refractivity contribution in [3.05, 3.63) is 182 Å². The number of aromatic nitrogens is 4. The van der Waals surface area contributed by atoms with Crippen molar-refractivity contribution in [1.29, 1.82) is 0 Å². The van der Waals surface area contributed by atoms with Crippen LogP contribution in [0.4, 0.5) is 0 Å². The number of hydrogen-bond acceptors (Lipinski definition) is 2. The number of para-hydroxylation sites is 2. The smallest absolute Gasteiger partial charge is 0.160 e. The molecule has 12 aromatic rings. The van der Waals surface area contributed by atoms with E-state index in [1.165, 1.54) is 60.0 Å². The van der Waals surface area contributed by atoms with Gasteiger partial charge in [0, 0.05) is 60.2 Å². The van der Waals surface area contributed by atoms with Crippen LogP contribution in [0.5, 0.6) is 0 Å². The molecule has 0 amide bonds. The summed E-state index contributed by atoms with van der Waals surface area (Å²) in [6, 6.07) is 65.7. The lowest BCUT2D eigenvalue weighted by Gasteiger charge is -2.15. The second kappa shape index (κ2) is 11.0. The zero-order chi connectivity index (χ0) is 36.5. The van der Waals surface area contributed by atoms with Gasteiger partial charge < -0.3 is 9.13 Å². The number of nitrogens with zero attached hydrogens (tertiary/aromatic N) is 4. The summed E-state index contributed by atoms with van der Waals surface area (Å²) in [6.45, 7) is 0. The number of rotatable bonds is 4. The van der Waals surface area contributed by atoms with Crippen molar-refractivity contribution in [3.8, 4) is 45.1 Å². The van der Waals surface area contributed by atoms with Crippen LogP contribution in [0.3, 0.4) is 0 Å². The summed E-state index contributed by atoms with van der Waals surface area (Å²) < 4.78 is 4.89. The van der Waals surface area contributed by atoms with Crippen LogP contribution in [0.1, 0.15) is 0 Å². The van der Waals surface area contributed by atoms with Crippen LogP contribution >= 0.6 is 0 Å². The molecular weight excluding hydrogens is 681 g/mol. The Morgan fingerprint density at radius 3 is 1.68 bits per heavy atom. The highest BCUT2D eigenvalue weighted by atomic mass is 15.0. The second-order valence-corrected chi connectivity index (χ2v) is 14.9. The van der Waals surface area contributed by atoms with E-state index >= 15 is 0 Å². The van der Waals surface area contributed by atoms with Gasteiger partial charge >= 0.3 is 0 Å². The highest BCUT2D eigenvalue weighted by molar-refractivity contribution is 6.39. The molecule has 1 aliphatic carbocycles. The van der Waals surface area contributed by atoms with E-state index in [0.29, 0.717) is 5.82 Å². The van der Waals surface area contributed by atoms with Crippen LogP contribution < -0.4 is 0 Å². The molecular formula is C52H30N4. The first-order chi connectivity index (χ1) is 27.8. The number of hydrogen-bond donors (Lipinski definition) is 0. The molecule has 1 aliphatic rings. The molecule has 0 atom stereocenters. The summed E-state index contributed by atoms with van der Waals surface area (Å²) in [4.78, 5) is 10.9. The largest absolute Gasteiger partial charge is 0.309 e. The van der Waals surface area contributed by atoms with Gasteiger partial charge in [0.2, 0.25) is 0 Å². The van der Waals surface area contributed by atoms with Crippen molar-refractivity contribution >= 4 is 76.1 Å². The lowest BCUT2D eigenvalue weighted by atomic mass is 9.95. The predicted molar refractivity (Wildman–Crippen MR) is 233 cm³/mol. The fourth-order valence-corrected chi connectivity index (χ4v) is 9.67. The average molecular weight is 711 g/mol. The van der Waals surface area contributed by atoms with E-state index in [1.54, 1.807) is 0 Å². The molecule has 258 valence electrons. The van der Waals surface area contributed by atoms with Gasteiger partial charge in [-0.15, -0.1) is 0 Å². The van der Waals surface area contributed by atoms with Gasteiger partial charge in [-0.3, -0.25) is 0 Å². The van der Waals surface area contributed by atoms with Gasteiger partial charge in [-0.2, -0.15) is 0 Å². The quantitative estimate of drug-likeness (QED) is 0.170. The first kappa shape index (κ1) is 29.8. The van der Waals surface area contributed by atoms with Crippen LogP contribution in [0.2, 0.25) is 0 Å². The molecule has 56 heavy (non-hydrogen) atoms. The van der Waals surface area contributed by atoms with Crippen LogP contribution in [0.15, 0.2) is 182 Å². The highest BCUT2D eigenvalue weighted by Crippen LogP contribution is 2.52. The van der Waals surface area contributed by atoms with E-state index in [9.17, 15) is 0 Å². The monoisotopic (exact) mass is 710 g/mol. The fraction of sp³-hybridized carbons (Fsp3) is 0. The molecule has 0 radical (unpaired) electrons. The fourth-order valence-electron chi connectivity index (χ4n) is 9.67. The maximum absolute atomic E-state index is 5.48. The van der Waals surface area contributed by atoms with Crippen LogP contribution in [0.25, 0.3) is 121 Å². The summed E-state index contributed by atoms with van der Waals surface area (Å²) in [7, 11) is 0. The Hall–Kier alpha value is -7.56. The minimum absolute atomic E-state index is 0.710. The maximum atomic E-state index is 5.48. The van der Waals surface area contributed by atoms with Gasteiger partial charge in [-0.05, 0) is 82.6 Å². The third-order valence-electron chi connectivity index (χ3n) is 12.0. The van der Waals surface area contributed by atoms with E-state index < -0.39 is 0 Å². The molecule has 13 rings (SSSR count). The zero-order valence-corrected chi connectivity index (χ0v) is 30.1. The van der Waals surface area contributed by atoms with Crippen molar-refractivity contribution in [2.24, 2.45) is 0 Å². The molecule has 0 unspecified atom stereocenters. The molecule has 3 aromatic heterocycles. The van der Waals surface area contributed by atoms with Crippen molar-refractivity contribution in [2.75, 3.05) is 0 Å². The van der Waals surface area contributed by atoms with Crippen LogP contribution in [-0.2, 0) is 0 Å². The molecule has 4 nitrogen and oxygen atoms in total. The second-order valence-electron chi connectivity index (χ2n) is 14.9. The first-order valence-corrected chi connectivity index (χ1v) is 19.2. The Morgan fingerprint density at radius 2 is 0.946 bits per heavy atom. The normalized spacial score (nSPS) is 12.3. The van der Waals surface area contributed by atoms with Crippen molar-refractivity contribution in [2.45, 2.75) is 0 Å². The SMILES string of the molecule is c1ccc(-c2nc(-c3cc4c5c6c7c(ccc8c7c7c-4cccc7n8-c4ccccc4)ccc6n(-c4ccccc4)c5c3)nc3c2ccc2ccccc23)cc1. The van der Waals surface area contributed by atoms with Gasteiger partial charge in [0.25, 0.3) is 0 Å². The number of benzene rings is 9. The summed E-state index contributed by atoms with van der Waals surface area (Å²) in [5.74, 6) is 0.710. The summed E-state index contributed by atoms with van der Waals surface area (Å²) in [5.41, 5.74) is 13.4. The molecule has 3 heterocycles. The highest BCUT2D eigenvalue weighted by Gasteiger charge is 2.28. The van der Waals surface area contributed by atoms with E-state index in [2.05, 4.69) is 191 Å². The minimum Gasteiger partial charge on any atom is -0.309 e.